The maximum Gasteiger partial charge on any atom is 0.251 e. The van der Waals surface area contributed by atoms with Crippen molar-refractivity contribution in [3.05, 3.63) is 86.6 Å². The van der Waals surface area contributed by atoms with Gasteiger partial charge in [-0.25, -0.2) is 13.1 Å². The van der Waals surface area contributed by atoms with Gasteiger partial charge >= 0.3 is 0 Å². The molecule has 1 aliphatic rings. The summed E-state index contributed by atoms with van der Waals surface area (Å²) in [6.07, 6.45) is 0.992. The minimum Gasteiger partial charge on any atom is -0.350 e. The quantitative estimate of drug-likeness (QED) is 0.528. The Balaban J connectivity index is 1.50. The third-order valence-electron chi connectivity index (χ3n) is 5.68. The van der Waals surface area contributed by atoms with E-state index in [1.54, 1.807) is 11.3 Å². The van der Waals surface area contributed by atoms with Crippen molar-refractivity contribution >= 4 is 38.9 Å². The van der Waals surface area contributed by atoms with Crippen molar-refractivity contribution in [1.29, 1.82) is 0 Å². The second-order valence-electron chi connectivity index (χ2n) is 7.60. The molecule has 0 aliphatic carbocycles. The molecule has 1 unspecified atom stereocenters. The number of benzene rings is 2. The Hall–Kier alpha value is -2.23. The predicted molar refractivity (Wildman–Crippen MR) is 128 cm³/mol. The summed E-state index contributed by atoms with van der Waals surface area (Å²) >= 11 is 7.88. The van der Waals surface area contributed by atoms with Crippen LogP contribution in [0.25, 0.3) is 0 Å². The van der Waals surface area contributed by atoms with Gasteiger partial charge in [0, 0.05) is 35.1 Å². The highest BCUT2D eigenvalue weighted by Crippen LogP contribution is 2.30. The Labute approximate surface area is 197 Å². The summed E-state index contributed by atoms with van der Waals surface area (Å²) < 4.78 is 26.1. The van der Waals surface area contributed by atoms with Gasteiger partial charge in [-0.15, -0.1) is 11.3 Å². The predicted octanol–water partition coefficient (Wildman–Crippen LogP) is 3.84. The lowest BCUT2D eigenvalue weighted by atomic mass is 10.0. The minimum absolute atomic E-state index is 0.00629. The van der Waals surface area contributed by atoms with Crippen LogP contribution in [0.5, 0.6) is 0 Å². The zero-order valence-corrected chi connectivity index (χ0v) is 19.9. The van der Waals surface area contributed by atoms with Crippen molar-refractivity contribution in [2.75, 3.05) is 20.1 Å². The number of amides is 1. The fraction of sp³-hybridized carbons (Fsp3) is 0.261. The van der Waals surface area contributed by atoms with E-state index in [2.05, 4.69) is 26.4 Å². The molecule has 2 aromatic carbocycles. The van der Waals surface area contributed by atoms with E-state index in [4.69, 9.17) is 11.6 Å². The van der Waals surface area contributed by atoms with Gasteiger partial charge in [-0.2, -0.15) is 0 Å². The number of hydrogen-bond acceptors (Lipinski definition) is 5. The second kappa shape index (κ2) is 9.72. The zero-order valence-electron chi connectivity index (χ0n) is 17.5. The van der Waals surface area contributed by atoms with Crippen molar-refractivity contribution < 1.29 is 13.2 Å². The summed E-state index contributed by atoms with van der Waals surface area (Å²) in [6.45, 7) is 2.17. The van der Waals surface area contributed by atoms with E-state index in [9.17, 15) is 13.2 Å². The molecule has 1 amide bonds. The lowest BCUT2D eigenvalue weighted by Crippen LogP contribution is -2.40. The molecule has 2 N–H and O–H groups in total. The number of carbonyl (C=O) groups is 1. The summed E-state index contributed by atoms with van der Waals surface area (Å²) in [7, 11) is -2.18. The number of nitrogens with zero attached hydrogens (tertiary/aromatic N) is 1. The van der Waals surface area contributed by atoms with E-state index in [1.165, 1.54) is 41.8 Å². The van der Waals surface area contributed by atoms with Crippen molar-refractivity contribution in [3.8, 4) is 0 Å². The molecule has 4 rings (SSSR count). The van der Waals surface area contributed by atoms with Gasteiger partial charge in [0.05, 0.1) is 10.9 Å². The van der Waals surface area contributed by atoms with Crippen molar-refractivity contribution in [2.24, 2.45) is 0 Å². The van der Waals surface area contributed by atoms with E-state index in [1.807, 2.05) is 24.3 Å². The highest BCUT2D eigenvalue weighted by molar-refractivity contribution is 7.89. The standard InChI is InChI=1S/C23H24ClN3O3S2/c1-25-32(29,30)20-8-4-17(5-9-20)23(28)26-14-21(16-2-6-19(24)7-3-16)27-12-10-22-18(15-27)11-13-31-22/h2-9,11,13,21,25H,10,12,14-15H2,1H3,(H,26,28). The molecule has 168 valence electrons. The molecule has 0 saturated carbocycles. The van der Waals surface area contributed by atoms with E-state index < -0.39 is 10.0 Å². The van der Waals surface area contributed by atoms with Crippen LogP contribution in [0, 0.1) is 0 Å². The van der Waals surface area contributed by atoms with E-state index in [0.29, 0.717) is 17.1 Å². The molecule has 0 saturated heterocycles. The summed E-state index contributed by atoms with van der Waals surface area (Å²) in [6, 6.07) is 15.8. The number of rotatable bonds is 7. The Morgan fingerprint density at radius 3 is 2.53 bits per heavy atom. The largest absolute Gasteiger partial charge is 0.350 e. The van der Waals surface area contributed by atoms with Crippen LogP contribution in [0.2, 0.25) is 5.02 Å². The van der Waals surface area contributed by atoms with Crippen LogP contribution in [0.4, 0.5) is 0 Å². The van der Waals surface area contributed by atoms with Crippen LogP contribution in [0.1, 0.15) is 32.4 Å². The van der Waals surface area contributed by atoms with Crippen molar-refractivity contribution in [3.63, 3.8) is 0 Å². The molecular weight excluding hydrogens is 466 g/mol. The van der Waals surface area contributed by atoms with Gasteiger partial charge in [0.1, 0.15) is 0 Å². The molecule has 0 fully saturated rings. The third-order valence-corrected chi connectivity index (χ3v) is 8.39. The Kier molecular flexibility index (Phi) is 6.97. The molecule has 3 aromatic rings. The van der Waals surface area contributed by atoms with Crippen LogP contribution < -0.4 is 10.0 Å². The molecule has 1 aromatic heterocycles. The molecule has 0 spiro atoms. The van der Waals surface area contributed by atoms with Gasteiger partial charge in [0.2, 0.25) is 10.0 Å². The highest BCUT2D eigenvalue weighted by Gasteiger charge is 2.26. The fourth-order valence-electron chi connectivity index (χ4n) is 3.87. The van der Waals surface area contributed by atoms with Gasteiger partial charge in [-0.05, 0) is 72.4 Å². The molecule has 1 atom stereocenters. The average Bonchev–Trinajstić information content (AvgIpc) is 3.28. The number of fused-ring (bicyclic) bond motifs is 1. The van der Waals surface area contributed by atoms with Crippen LogP contribution >= 0.6 is 22.9 Å². The molecule has 32 heavy (non-hydrogen) atoms. The normalized spacial score (nSPS) is 15.2. The molecule has 0 bridgehead atoms. The van der Waals surface area contributed by atoms with Crippen molar-refractivity contribution in [1.82, 2.24) is 14.9 Å². The van der Waals surface area contributed by atoms with Crippen LogP contribution in [0.15, 0.2) is 64.9 Å². The first-order valence-electron chi connectivity index (χ1n) is 10.2. The molecular formula is C23H24ClN3O3S2. The number of nitrogens with one attached hydrogen (secondary N) is 2. The summed E-state index contributed by atoms with van der Waals surface area (Å²) in [5.41, 5.74) is 2.84. The fourth-order valence-corrected chi connectivity index (χ4v) is 5.62. The van der Waals surface area contributed by atoms with Gasteiger partial charge in [-0.1, -0.05) is 23.7 Å². The first-order chi connectivity index (χ1) is 15.4. The van der Waals surface area contributed by atoms with E-state index in [0.717, 1.165) is 25.1 Å². The van der Waals surface area contributed by atoms with Gasteiger partial charge < -0.3 is 5.32 Å². The molecule has 2 heterocycles. The first kappa shape index (κ1) is 22.9. The Bertz CT molecular complexity index is 1190. The molecule has 9 heteroatoms. The molecule has 6 nitrogen and oxygen atoms in total. The Morgan fingerprint density at radius 2 is 1.84 bits per heavy atom. The number of carbonyl (C=O) groups excluding carboxylic acids is 1. The number of hydrogen-bond donors (Lipinski definition) is 2. The molecule has 0 radical (unpaired) electrons. The zero-order chi connectivity index (χ0) is 22.7. The summed E-state index contributed by atoms with van der Waals surface area (Å²) in [5, 5.41) is 5.83. The monoisotopic (exact) mass is 489 g/mol. The SMILES string of the molecule is CNS(=O)(=O)c1ccc(C(=O)NCC(c2ccc(Cl)cc2)N2CCc3sccc3C2)cc1. The number of halogens is 1. The van der Waals surface area contributed by atoms with Crippen molar-refractivity contribution in [2.45, 2.75) is 23.9 Å². The van der Waals surface area contributed by atoms with Crippen LogP contribution in [-0.4, -0.2) is 39.4 Å². The topological polar surface area (TPSA) is 78.5 Å². The van der Waals surface area contributed by atoms with E-state index in [-0.39, 0.29) is 16.8 Å². The second-order valence-corrected chi connectivity index (χ2v) is 10.9. The first-order valence-corrected chi connectivity index (χ1v) is 13.0. The summed E-state index contributed by atoms with van der Waals surface area (Å²) in [5.74, 6) is -0.245. The number of thiophene rings is 1. The van der Waals surface area contributed by atoms with Crippen LogP contribution in [0.3, 0.4) is 0 Å². The van der Waals surface area contributed by atoms with Gasteiger partial charge in [0.25, 0.3) is 5.91 Å². The minimum atomic E-state index is -3.54. The number of sulfonamides is 1. The van der Waals surface area contributed by atoms with Gasteiger partial charge in [0.15, 0.2) is 0 Å². The van der Waals surface area contributed by atoms with E-state index >= 15 is 0 Å². The third kappa shape index (κ3) is 5.05. The van der Waals surface area contributed by atoms with Gasteiger partial charge in [-0.3, -0.25) is 9.69 Å². The average molecular weight is 490 g/mol. The summed E-state index contributed by atoms with van der Waals surface area (Å²) in [4.78, 5) is 16.7. The lowest BCUT2D eigenvalue weighted by Gasteiger charge is -2.35. The maximum atomic E-state index is 12.8. The lowest BCUT2D eigenvalue weighted by molar-refractivity contribution is 0.0928. The Morgan fingerprint density at radius 1 is 1.12 bits per heavy atom. The maximum absolute atomic E-state index is 12.8. The smallest absolute Gasteiger partial charge is 0.251 e. The van der Waals surface area contributed by atoms with Crippen LogP contribution in [-0.2, 0) is 23.0 Å². The highest BCUT2D eigenvalue weighted by atomic mass is 35.5. The molecule has 1 aliphatic heterocycles.